The predicted octanol–water partition coefficient (Wildman–Crippen LogP) is 1.92. The highest BCUT2D eigenvalue weighted by molar-refractivity contribution is 7.11. The van der Waals surface area contributed by atoms with Crippen molar-refractivity contribution in [2.75, 3.05) is 7.11 Å². The summed E-state index contributed by atoms with van der Waals surface area (Å²) in [5, 5.41) is 13.5. The van der Waals surface area contributed by atoms with Crippen LogP contribution >= 0.6 is 11.3 Å². The van der Waals surface area contributed by atoms with Crippen LogP contribution in [0.25, 0.3) is 0 Å². The summed E-state index contributed by atoms with van der Waals surface area (Å²) in [7, 11) is 1.69. The Kier molecular flexibility index (Phi) is 4.19. The summed E-state index contributed by atoms with van der Waals surface area (Å²) < 4.78 is 5.35. The minimum atomic E-state index is -0.340. The second kappa shape index (κ2) is 5.01. The molecule has 0 aliphatic carbocycles. The van der Waals surface area contributed by atoms with Crippen LogP contribution in [0, 0.1) is 0 Å². The van der Waals surface area contributed by atoms with Gasteiger partial charge in [0.2, 0.25) is 0 Å². The third-order valence-electron chi connectivity index (χ3n) is 2.15. The van der Waals surface area contributed by atoms with Crippen molar-refractivity contribution < 1.29 is 4.74 Å². The van der Waals surface area contributed by atoms with E-state index in [1.54, 1.807) is 18.4 Å². The largest absolute Gasteiger partial charge is 0.372 e. The van der Waals surface area contributed by atoms with Crippen LogP contribution in [0.2, 0.25) is 0 Å². The zero-order valence-corrected chi connectivity index (χ0v) is 10.8. The Morgan fingerprint density at radius 3 is 2.60 bits per heavy atom. The van der Waals surface area contributed by atoms with Crippen molar-refractivity contribution in [3.8, 4) is 0 Å². The summed E-state index contributed by atoms with van der Waals surface area (Å²) in [5.74, 6) is 0. The number of nitrogens with zero attached hydrogens (tertiary/aromatic N) is 2. The highest BCUT2D eigenvalue weighted by atomic mass is 32.1. The van der Waals surface area contributed by atoms with E-state index in [1.807, 2.05) is 13.8 Å². The molecule has 15 heavy (non-hydrogen) atoms. The number of nitrogens with one attached hydrogen (secondary N) is 1. The zero-order chi connectivity index (χ0) is 11.5. The van der Waals surface area contributed by atoms with E-state index in [9.17, 15) is 0 Å². The van der Waals surface area contributed by atoms with Crippen LogP contribution in [0.15, 0.2) is 0 Å². The average Bonchev–Trinajstić information content (AvgIpc) is 2.63. The maximum absolute atomic E-state index is 5.35. The fourth-order valence-electron chi connectivity index (χ4n) is 0.947. The standard InChI is InChI=1S/C10H19N3OS/c1-7(2)11-6-8-12-13-9(15-8)10(3,4)14-5/h7,11H,6H2,1-5H3. The molecule has 4 nitrogen and oxygen atoms in total. The third kappa shape index (κ3) is 3.52. The van der Waals surface area contributed by atoms with E-state index in [1.165, 1.54) is 0 Å². The van der Waals surface area contributed by atoms with Gasteiger partial charge in [0.1, 0.15) is 15.6 Å². The van der Waals surface area contributed by atoms with Crippen LogP contribution in [-0.2, 0) is 16.9 Å². The van der Waals surface area contributed by atoms with Gasteiger partial charge >= 0.3 is 0 Å². The lowest BCUT2D eigenvalue weighted by molar-refractivity contribution is 0.0185. The Morgan fingerprint density at radius 1 is 1.40 bits per heavy atom. The van der Waals surface area contributed by atoms with Crippen molar-refractivity contribution in [2.24, 2.45) is 0 Å². The number of aromatic nitrogens is 2. The molecule has 0 aliphatic heterocycles. The molecule has 1 heterocycles. The van der Waals surface area contributed by atoms with E-state index in [2.05, 4.69) is 29.4 Å². The van der Waals surface area contributed by atoms with Crippen molar-refractivity contribution in [1.29, 1.82) is 0 Å². The second-order valence-electron chi connectivity index (χ2n) is 4.25. The number of methoxy groups -OCH3 is 1. The van der Waals surface area contributed by atoms with Gasteiger partial charge in [0.05, 0.1) is 0 Å². The summed E-state index contributed by atoms with van der Waals surface area (Å²) in [6.07, 6.45) is 0. The first-order valence-corrected chi connectivity index (χ1v) is 5.88. The number of ether oxygens (including phenoxy) is 1. The first-order valence-electron chi connectivity index (χ1n) is 5.07. The van der Waals surface area contributed by atoms with E-state index in [0.29, 0.717) is 6.04 Å². The molecule has 0 spiro atoms. The molecule has 0 amide bonds. The van der Waals surface area contributed by atoms with E-state index < -0.39 is 0 Å². The molecule has 0 radical (unpaired) electrons. The molecule has 0 aliphatic rings. The number of hydrogen-bond donors (Lipinski definition) is 1. The van der Waals surface area contributed by atoms with Crippen LogP contribution in [-0.4, -0.2) is 23.3 Å². The summed E-state index contributed by atoms with van der Waals surface area (Å²) in [4.78, 5) is 0. The van der Waals surface area contributed by atoms with Gasteiger partial charge in [-0.1, -0.05) is 25.2 Å². The Balaban J connectivity index is 2.64. The van der Waals surface area contributed by atoms with Gasteiger partial charge in [0, 0.05) is 19.7 Å². The quantitative estimate of drug-likeness (QED) is 0.838. The molecule has 5 heteroatoms. The van der Waals surface area contributed by atoms with Gasteiger partial charge in [-0.2, -0.15) is 0 Å². The molecule has 1 rings (SSSR count). The van der Waals surface area contributed by atoms with Gasteiger partial charge in [-0.15, -0.1) is 10.2 Å². The van der Waals surface area contributed by atoms with E-state index >= 15 is 0 Å². The van der Waals surface area contributed by atoms with Gasteiger partial charge in [0.25, 0.3) is 0 Å². The van der Waals surface area contributed by atoms with Crippen LogP contribution in [0.5, 0.6) is 0 Å². The van der Waals surface area contributed by atoms with Crippen molar-refractivity contribution in [2.45, 2.75) is 45.9 Å². The highest BCUT2D eigenvalue weighted by Gasteiger charge is 2.24. The molecule has 0 unspecified atom stereocenters. The molecule has 0 saturated heterocycles. The normalized spacial score (nSPS) is 12.4. The molecular weight excluding hydrogens is 210 g/mol. The maximum Gasteiger partial charge on any atom is 0.148 e. The third-order valence-corrected chi connectivity index (χ3v) is 3.38. The Hall–Kier alpha value is -0.520. The lowest BCUT2D eigenvalue weighted by Crippen LogP contribution is -2.21. The molecule has 0 aromatic carbocycles. The fraction of sp³-hybridized carbons (Fsp3) is 0.800. The van der Waals surface area contributed by atoms with Gasteiger partial charge in [-0.3, -0.25) is 0 Å². The van der Waals surface area contributed by atoms with Crippen molar-refractivity contribution in [1.82, 2.24) is 15.5 Å². The van der Waals surface area contributed by atoms with Gasteiger partial charge in [-0.25, -0.2) is 0 Å². The second-order valence-corrected chi connectivity index (χ2v) is 5.31. The average molecular weight is 229 g/mol. The molecule has 86 valence electrons. The molecule has 0 atom stereocenters. The molecule has 1 N–H and O–H groups in total. The van der Waals surface area contributed by atoms with Gasteiger partial charge in [0.15, 0.2) is 0 Å². The Bertz CT molecular complexity index is 309. The summed E-state index contributed by atoms with van der Waals surface area (Å²) in [6.45, 7) is 8.98. The molecule has 1 aromatic heterocycles. The Morgan fingerprint density at radius 2 is 2.07 bits per heavy atom. The fourth-order valence-corrected chi connectivity index (χ4v) is 1.82. The molecule has 1 aromatic rings. The lowest BCUT2D eigenvalue weighted by atomic mass is 10.1. The van der Waals surface area contributed by atoms with E-state index in [4.69, 9.17) is 4.74 Å². The number of hydrogen-bond acceptors (Lipinski definition) is 5. The number of rotatable bonds is 5. The Labute approximate surface area is 95.1 Å². The van der Waals surface area contributed by atoms with Crippen molar-refractivity contribution in [3.05, 3.63) is 10.0 Å². The highest BCUT2D eigenvalue weighted by Crippen LogP contribution is 2.26. The molecule has 0 bridgehead atoms. The summed E-state index contributed by atoms with van der Waals surface area (Å²) >= 11 is 1.60. The van der Waals surface area contributed by atoms with E-state index in [0.717, 1.165) is 16.6 Å². The molecule has 0 fully saturated rings. The SMILES string of the molecule is COC(C)(C)c1nnc(CNC(C)C)s1. The molecular formula is C10H19N3OS. The van der Waals surface area contributed by atoms with Gasteiger partial charge < -0.3 is 10.1 Å². The lowest BCUT2D eigenvalue weighted by Gasteiger charge is -2.18. The van der Waals surface area contributed by atoms with E-state index in [-0.39, 0.29) is 5.60 Å². The van der Waals surface area contributed by atoms with Crippen LogP contribution in [0.3, 0.4) is 0 Å². The van der Waals surface area contributed by atoms with Crippen molar-refractivity contribution >= 4 is 11.3 Å². The first-order chi connectivity index (χ1) is 6.95. The maximum atomic E-state index is 5.35. The minimum absolute atomic E-state index is 0.340. The predicted molar refractivity (Wildman–Crippen MR) is 61.9 cm³/mol. The minimum Gasteiger partial charge on any atom is -0.372 e. The van der Waals surface area contributed by atoms with Crippen molar-refractivity contribution in [3.63, 3.8) is 0 Å². The summed E-state index contributed by atoms with van der Waals surface area (Å²) in [6, 6.07) is 0.466. The zero-order valence-electron chi connectivity index (χ0n) is 10.00. The monoisotopic (exact) mass is 229 g/mol. The molecule has 0 saturated carbocycles. The summed E-state index contributed by atoms with van der Waals surface area (Å²) in [5.41, 5.74) is -0.340. The first kappa shape index (κ1) is 12.5. The van der Waals surface area contributed by atoms with Gasteiger partial charge in [-0.05, 0) is 13.8 Å². The topological polar surface area (TPSA) is 47.0 Å². The van der Waals surface area contributed by atoms with Crippen LogP contribution < -0.4 is 5.32 Å². The van der Waals surface area contributed by atoms with Crippen LogP contribution in [0.1, 0.15) is 37.7 Å². The smallest absolute Gasteiger partial charge is 0.148 e. The van der Waals surface area contributed by atoms with Crippen LogP contribution in [0.4, 0.5) is 0 Å².